The lowest BCUT2D eigenvalue weighted by atomic mass is 9.97. The van der Waals surface area contributed by atoms with Crippen LogP contribution in [0.3, 0.4) is 0 Å². The van der Waals surface area contributed by atoms with Gasteiger partial charge in [-0.15, -0.1) is 0 Å². The first kappa shape index (κ1) is 24.6. The Morgan fingerprint density at radius 3 is 2.67 bits per heavy atom. The number of ketones is 1. The van der Waals surface area contributed by atoms with E-state index in [1.54, 1.807) is 25.3 Å². The number of benzene rings is 2. The van der Waals surface area contributed by atoms with Crippen molar-refractivity contribution in [1.82, 2.24) is 9.97 Å². The number of aromatic nitrogens is 2. The van der Waals surface area contributed by atoms with E-state index in [0.717, 1.165) is 18.4 Å². The van der Waals surface area contributed by atoms with E-state index in [1.807, 2.05) is 6.07 Å². The Morgan fingerprint density at radius 1 is 1.08 bits per heavy atom. The Balaban J connectivity index is 1.38. The lowest BCUT2D eigenvalue weighted by molar-refractivity contribution is -0.119. The molecule has 0 saturated heterocycles. The molecule has 1 saturated carbocycles. The highest BCUT2D eigenvalue weighted by Crippen LogP contribution is 2.48. The van der Waals surface area contributed by atoms with Gasteiger partial charge in [0.05, 0.1) is 12.1 Å². The first-order chi connectivity index (χ1) is 17.6. The number of nitrogens with zero attached hydrogens (tertiary/aromatic N) is 2. The summed E-state index contributed by atoms with van der Waals surface area (Å²) >= 11 is 6.53. The molecule has 36 heavy (non-hydrogen) atoms. The molecule has 8 nitrogen and oxygen atoms in total. The number of Topliss-reactive ketones (excluding diaryl/α,β-unsaturated/α-hetero) is 1. The van der Waals surface area contributed by atoms with Crippen LogP contribution in [-0.4, -0.2) is 49.3 Å². The molecule has 0 spiro atoms. The molecule has 0 radical (unpaired) electrons. The van der Waals surface area contributed by atoms with Crippen LogP contribution < -0.4 is 18.9 Å². The number of carbonyl (C=O) groups is 1. The second kappa shape index (κ2) is 11.3. The highest BCUT2D eigenvalue weighted by Gasteiger charge is 2.25. The van der Waals surface area contributed by atoms with Gasteiger partial charge in [-0.3, -0.25) is 4.79 Å². The second-order valence-electron chi connectivity index (χ2n) is 9.07. The van der Waals surface area contributed by atoms with Crippen LogP contribution in [0.1, 0.15) is 37.7 Å². The van der Waals surface area contributed by atoms with Crippen molar-refractivity contribution in [1.29, 1.82) is 0 Å². The number of hydrogen-bond acceptors (Lipinski definition) is 8. The highest BCUT2D eigenvalue weighted by molar-refractivity contribution is 6.31. The largest absolute Gasteiger partial charge is 0.487 e. The molecule has 2 aromatic carbocycles. The second-order valence-corrected chi connectivity index (χ2v) is 9.48. The summed E-state index contributed by atoms with van der Waals surface area (Å²) in [5.74, 6) is 3.04. The normalized spacial score (nSPS) is 15.3. The van der Waals surface area contributed by atoms with Crippen LogP contribution in [0.5, 0.6) is 28.9 Å². The summed E-state index contributed by atoms with van der Waals surface area (Å²) in [4.78, 5) is 21.3. The van der Waals surface area contributed by atoms with E-state index in [9.17, 15) is 4.79 Å². The van der Waals surface area contributed by atoms with Crippen LogP contribution in [-0.2, 0) is 16.0 Å². The van der Waals surface area contributed by atoms with Crippen molar-refractivity contribution in [3.63, 3.8) is 0 Å². The Morgan fingerprint density at radius 2 is 1.89 bits per heavy atom. The summed E-state index contributed by atoms with van der Waals surface area (Å²) in [7, 11) is 1.61. The van der Waals surface area contributed by atoms with Crippen LogP contribution in [0, 0.1) is 5.92 Å². The van der Waals surface area contributed by atoms with Crippen molar-refractivity contribution < 1.29 is 28.5 Å². The molecule has 0 atom stereocenters. The van der Waals surface area contributed by atoms with E-state index in [2.05, 4.69) is 9.97 Å². The molecule has 2 heterocycles. The summed E-state index contributed by atoms with van der Waals surface area (Å²) in [6, 6.07) is 7.12. The van der Waals surface area contributed by atoms with E-state index in [1.165, 1.54) is 19.2 Å². The van der Waals surface area contributed by atoms with Gasteiger partial charge in [0.25, 0.3) is 0 Å². The third-order valence-electron chi connectivity index (χ3n) is 6.51. The molecule has 5 rings (SSSR count). The van der Waals surface area contributed by atoms with Crippen LogP contribution in [0.25, 0.3) is 10.9 Å². The van der Waals surface area contributed by atoms with E-state index < -0.39 is 0 Å². The van der Waals surface area contributed by atoms with Crippen molar-refractivity contribution in [2.75, 3.05) is 33.5 Å². The molecular weight excluding hydrogens is 484 g/mol. The number of halogens is 1. The van der Waals surface area contributed by atoms with Crippen LogP contribution in [0.15, 0.2) is 30.6 Å². The third-order valence-corrected chi connectivity index (χ3v) is 6.86. The number of rotatable bonds is 10. The maximum absolute atomic E-state index is 12.5. The summed E-state index contributed by atoms with van der Waals surface area (Å²) in [5, 5.41) is 1.07. The van der Waals surface area contributed by atoms with E-state index in [4.69, 9.17) is 35.3 Å². The fraction of sp³-hybridized carbons (Fsp3) is 0.444. The zero-order chi connectivity index (χ0) is 24.9. The predicted molar refractivity (Wildman–Crippen MR) is 135 cm³/mol. The van der Waals surface area contributed by atoms with E-state index in [-0.39, 0.29) is 5.78 Å². The number of fused-ring (bicyclic) bond motifs is 3. The number of hydrogen-bond donors (Lipinski definition) is 0. The molecule has 0 amide bonds. The molecule has 190 valence electrons. The maximum Gasteiger partial charge on any atom is 0.234 e. The number of ether oxygens (including phenoxy) is 5. The fourth-order valence-corrected chi connectivity index (χ4v) is 5.01. The van der Waals surface area contributed by atoms with Gasteiger partial charge in [-0.2, -0.15) is 0 Å². The average molecular weight is 513 g/mol. The molecule has 0 N–H and O–H groups in total. The smallest absolute Gasteiger partial charge is 0.234 e. The Bertz CT molecular complexity index is 1240. The van der Waals surface area contributed by atoms with Gasteiger partial charge in [-0.05, 0) is 23.6 Å². The number of carbonyl (C=O) groups excluding carboxylic acids is 1. The summed E-state index contributed by atoms with van der Waals surface area (Å²) < 4.78 is 28.8. The molecule has 1 fully saturated rings. The zero-order valence-electron chi connectivity index (χ0n) is 20.3. The monoisotopic (exact) mass is 512 g/mol. The first-order valence-electron chi connectivity index (χ1n) is 12.3. The number of methoxy groups -OCH3 is 1. The van der Waals surface area contributed by atoms with E-state index in [0.29, 0.717) is 90.0 Å². The van der Waals surface area contributed by atoms with Gasteiger partial charge < -0.3 is 23.7 Å². The van der Waals surface area contributed by atoms with Gasteiger partial charge in [0, 0.05) is 31.0 Å². The van der Waals surface area contributed by atoms with Crippen molar-refractivity contribution in [2.45, 2.75) is 38.5 Å². The quantitative estimate of drug-likeness (QED) is 0.326. The van der Waals surface area contributed by atoms with Crippen molar-refractivity contribution in [3.05, 3.63) is 41.2 Å². The van der Waals surface area contributed by atoms with Crippen molar-refractivity contribution in [3.8, 4) is 28.9 Å². The topological polar surface area (TPSA) is 89.0 Å². The predicted octanol–water partition coefficient (Wildman–Crippen LogP) is 5.56. The van der Waals surface area contributed by atoms with E-state index >= 15 is 0 Å². The Kier molecular flexibility index (Phi) is 7.72. The minimum atomic E-state index is 0.228. The fourth-order valence-electron chi connectivity index (χ4n) is 4.77. The van der Waals surface area contributed by atoms with Gasteiger partial charge >= 0.3 is 0 Å². The van der Waals surface area contributed by atoms with Gasteiger partial charge in [-0.25, -0.2) is 9.97 Å². The molecule has 3 aromatic rings. The lowest BCUT2D eigenvalue weighted by Gasteiger charge is -2.23. The molecular formula is C27H29ClN2O6. The molecule has 1 aliphatic carbocycles. The minimum Gasteiger partial charge on any atom is -0.487 e. The summed E-state index contributed by atoms with van der Waals surface area (Å²) in [6.45, 7) is 1.59. The molecule has 1 aromatic heterocycles. The van der Waals surface area contributed by atoms with Gasteiger partial charge in [-0.1, -0.05) is 43.4 Å². The van der Waals surface area contributed by atoms with Gasteiger partial charge in [0.2, 0.25) is 11.6 Å². The maximum atomic E-state index is 12.5. The first-order valence-corrected chi connectivity index (χ1v) is 12.7. The van der Waals surface area contributed by atoms with Gasteiger partial charge in [0.15, 0.2) is 11.5 Å². The van der Waals surface area contributed by atoms with Gasteiger partial charge in [0.1, 0.15) is 43.1 Å². The van der Waals surface area contributed by atoms with Crippen molar-refractivity contribution in [2.24, 2.45) is 5.92 Å². The molecule has 0 bridgehead atoms. The van der Waals surface area contributed by atoms with Crippen LogP contribution >= 0.6 is 11.6 Å². The summed E-state index contributed by atoms with van der Waals surface area (Å²) in [5.41, 5.74) is 1.39. The minimum absolute atomic E-state index is 0.228. The van der Waals surface area contributed by atoms with Crippen LogP contribution in [0.4, 0.5) is 0 Å². The van der Waals surface area contributed by atoms with Crippen molar-refractivity contribution >= 4 is 28.3 Å². The molecule has 9 heteroatoms. The Labute approximate surface area is 214 Å². The average Bonchev–Trinajstić information content (AvgIpc) is 3.39. The SMILES string of the molecule is COCCOc1cc2ncnc(Oc3ccc(CC(=O)CC4CCCC4)c(Cl)c3)c2c2c1OCCO2. The third kappa shape index (κ3) is 5.50. The highest BCUT2D eigenvalue weighted by atomic mass is 35.5. The zero-order valence-corrected chi connectivity index (χ0v) is 21.0. The standard InChI is InChI=1S/C27H29ClN2O6/c1-32-8-9-33-23-15-22-24(26-25(23)34-10-11-35-26)27(30-16-29-22)36-20-7-6-18(21(28)14-20)13-19(31)12-17-4-2-3-5-17/h6-7,14-17H,2-5,8-13H2,1H3. The van der Waals surface area contributed by atoms with Crippen LogP contribution in [0.2, 0.25) is 5.02 Å². The summed E-state index contributed by atoms with van der Waals surface area (Å²) in [6.07, 6.45) is 7.14. The molecule has 1 aliphatic heterocycles. The Hall–Kier alpha value is -3.10. The molecule has 0 unspecified atom stereocenters. The molecule has 2 aliphatic rings. The lowest BCUT2D eigenvalue weighted by Crippen LogP contribution is -2.17.